The van der Waals surface area contributed by atoms with Gasteiger partial charge in [-0.1, -0.05) is 24.3 Å². The molecule has 4 aromatic heterocycles. The molecule has 0 amide bonds. The van der Waals surface area contributed by atoms with Crippen LogP contribution in [0.3, 0.4) is 0 Å². The minimum atomic E-state index is -4.45. The molecule has 1 aliphatic rings. The predicted molar refractivity (Wildman–Crippen MR) is 184 cm³/mol. The number of hydrogen-bond donors (Lipinski definition) is 1. The molecule has 2 aromatic carbocycles. The van der Waals surface area contributed by atoms with Crippen molar-refractivity contribution in [3.05, 3.63) is 106 Å². The normalized spacial score (nSPS) is 13.7. The average Bonchev–Trinajstić information content (AvgIpc) is 3.68. The van der Waals surface area contributed by atoms with Crippen LogP contribution in [-0.2, 0) is 23.2 Å². The molecule has 0 spiro atoms. The maximum atomic E-state index is 13.0. The largest absolute Gasteiger partial charge is 0.416 e. The molecule has 0 saturated heterocycles. The molecule has 0 aliphatic heterocycles. The molecule has 1 saturated carbocycles. The van der Waals surface area contributed by atoms with Gasteiger partial charge in [-0.05, 0) is 81.1 Å². The van der Waals surface area contributed by atoms with E-state index in [1.165, 1.54) is 35.2 Å². The van der Waals surface area contributed by atoms with Gasteiger partial charge in [-0.2, -0.15) is 31.3 Å². The molecule has 1 N–H and O–H groups in total. The fraction of sp³-hybridized carbons (Fsp3) is 0.188. The third kappa shape index (κ3) is 8.88. The van der Waals surface area contributed by atoms with Gasteiger partial charge in [0.2, 0.25) is 11.1 Å². The Morgan fingerprint density at radius 3 is 1.69 bits per heavy atom. The quantitative estimate of drug-likeness (QED) is 0.126. The maximum Gasteiger partial charge on any atom is 0.416 e. The third-order valence-electron chi connectivity index (χ3n) is 7.17. The summed E-state index contributed by atoms with van der Waals surface area (Å²) in [6.07, 6.45) is 1.02. The van der Waals surface area contributed by atoms with Crippen LogP contribution in [0.1, 0.15) is 24.0 Å². The minimum absolute atomic E-state index is 0.123. The maximum absolute atomic E-state index is 13.0. The van der Waals surface area contributed by atoms with Crippen molar-refractivity contribution in [2.24, 2.45) is 0 Å². The second-order valence-corrected chi connectivity index (χ2v) is 13.9. The van der Waals surface area contributed by atoms with Gasteiger partial charge in [-0.25, -0.2) is 24.9 Å². The number of nitrogens with one attached hydrogen (secondary N) is 1. The van der Waals surface area contributed by atoms with E-state index in [1.54, 1.807) is 41.4 Å². The summed E-state index contributed by atoms with van der Waals surface area (Å²) in [6.45, 7) is 0. The molecule has 0 radical (unpaired) electrons. The van der Waals surface area contributed by atoms with E-state index in [-0.39, 0.29) is 16.5 Å². The van der Waals surface area contributed by atoms with E-state index in [2.05, 4.69) is 67.1 Å². The number of anilines is 1. The van der Waals surface area contributed by atoms with Gasteiger partial charge in [-0.3, -0.25) is 13.3 Å². The standard InChI is InChI=1S/C17H13BrF3N5.C15H10BrF3N4OS/c18-13-9-26(14-6-7-22-16(25-14)23-12-4-5-12)15(24-13)10-2-1-3-11(8-10)17(19,20)21;1-25(24)14-20-6-5-12(22-14)23-8-11(16)21-13(23)9-3-2-4-10(7-9)15(17,18)19/h1-3,6-9,12H,4-5H2,(H,22,23,25);2-8H,1H3. The van der Waals surface area contributed by atoms with E-state index >= 15 is 0 Å². The van der Waals surface area contributed by atoms with Crippen molar-refractivity contribution in [1.82, 2.24) is 39.0 Å². The van der Waals surface area contributed by atoms with Gasteiger partial charge in [0.25, 0.3) is 0 Å². The summed E-state index contributed by atoms with van der Waals surface area (Å²) in [5.74, 6) is 1.99. The second kappa shape index (κ2) is 14.6. The van der Waals surface area contributed by atoms with E-state index in [4.69, 9.17) is 0 Å². The van der Waals surface area contributed by atoms with Crippen LogP contribution in [0.15, 0.2) is 99.8 Å². The van der Waals surface area contributed by atoms with Crippen molar-refractivity contribution in [1.29, 1.82) is 0 Å². The summed E-state index contributed by atoms with van der Waals surface area (Å²) in [7, 11) is -1.39. The highest BCUT2D eigenvalue weighted by molar-refractivity contribution is 9.10. The summed E-state index contributed by atoms with van der Waals surface area (Å²) >= 11 is 6.52. The number of halogens is 8. The molecule has 51 heavy (non-hydrogen) atoms. The van der Waals surface area contributed by atoms with Crippen molar-refractivity contribution in [2.45, 2.75) is 36.4 Å². The van der Waals surface area contributed by atoms with Crippen molar-refractivity contribution < 1.29 is 30.6 Å². The van der Waals surface area contributed by atoms with Crippen LogP contribution >= 0.6 is 31.9 Å². The summed E-state index contributed by atoms with van der Waals surface area (Å²) in [4.78, 5) is 25.3. The highest BCUT2D eigenvalue weighted by Crippen LogP contribution is 2.34. The number of rotatable bonds is 7. The molecule has 1 aliphatic carbocycles. The number of alkyl halides is 6. The van der Waals surface area contributed by atoms with Crippen molar-refractivity contribution in [3.63, 3.8) is 0 Å². The van der Waals surface area contributed by atoms with E-state index in [0.717, 1.165) is 37.1 Å². The second-order valence-electron chi connectivity index (χ2n) is 11.0. The molecule has 19 heteroatoms. The van der Waals surface area contributed by atoms with Crippen molar-refractivity contribution in [2.75, 3.05) is 11.6 Å². The first-order chi connectivity index (χ1) is 24.2. The number of benzene rings is 2. The number of imidazole rings is 2. The summed E-state index contributed by atoms with van der Waals surface area (Å²) < 4.78 is 93.6. The van der Waals surface area contributed by atoms with Gasteiger partial charge in [0, 0.05) is 48.2 Å². The highest BCUT2D eigenvalue weighted by atomic mass is 79.9. The van der Waals surface area contributed by atoms with Gasteiger partial charge in [0.05, 0.1) is 21.9 Å². The molecular weight excluding hydrogens is 832 g/mol. The van der Waals surface area contributed by atoms with E-state index in [0.29, 0.717) is 44.2 Å². The topological polar surface area (TPSA) is 116 Å². The van der Waals surface area contributed by atoms with Crippen LogP contribution in [-0.4, -0.2) is 55.5 Å². The Kier molecular flexibility index (Phi) is 10.4. The van der Waals surface area contributed by atoms with Crippen molar-refractivity contribution >= 4 is 48.6 Å². The molecule has 264 valence electrons. The van der Waals surface area contributed by atoms with Crippen LogP contribution in [0.4, 0.5) is 32.3 Å². The lowest BCUT2D eigenvalue weighted by atomic mass is 10.1. The van der Waals surface area contributed by atoms with Crippen LogP contribution in [0, 0.1) is 0 Å². The third-order valence-corrected chi connectivity index (χ3v) is 8.65. The monoisotopic (exact) mass is 853 g/mol. The molecule has 10 nitrogen and oxygen atoms in total. The Balaban J connectivity index is 0.000000176. The molecule has 7 rings (SSSR count). The Labute approximate surface area is 305 Å². The lowest BCUT2D eigenvalue weighted by molar-refractivity contribution is -0.138. The molecule has 6 aromatic rings. The molecule has 0 bridgehead atoms. The van der Waals surface area contributed by atoms with E-state index < -0.39 is 34.3 Å². The lowest BCUT2D eigenvalue weighted by Crippen LogP contribution is -2.08. The first kappa shape index (κ1) is 36.3. The smallest absolute Gasteiger partial charge is 0.351 e. The fourth-order valence-corrected chi connectivity index (χ4v) is 5.87. The molecule has 4 heterocycles. The minimum Gasteiger partial charge on any atom is -0.351 e. The fourth-order valence-electron chi connectivity index (χ4n) is 4.70. The van der Waals surface area contributed by atoms with Crippen LogP contribution in [0.5, 0.6) is 0 Å². The number of aromatic nitrogens is 8. The van der Waals surface area contributed by atoms with E-state index in [1.807, 2.05) is 0 Å². The Morgan fingerprint density at radius 1 is 0.725 bits per heavy atom. The van der Waals surface area contributed by atoms with Gasteiger partial charge >= 0.3 is 12.4 Å². The zero-order valence-corrected chi connectivity index (χ0v) is 30.0. The van der Waals surface area contributed by atoms with Crippen LogP contribution < -0.4 is 5.32 Å². The SMILES string of the molecule is CS(=O)c1nccc(-n2cc(Br)nc2-c2cccc(C(F)(F)F)c2)n1.FC(F)(F)c1cccc(-c2nc(Br)cn2-c2ccnc(NC3CC3)n2)c1. The summed E-state index contributed by atoms with van der Waals surface area (Å²) in [6, 6.07) is 13.6. The van der Waals surface area contributed by atoms with Crippen molar-refractivity contribution in [3.8, 4) is 34.4 Å². The van der Waals surface area contributed by atoms with Gasteiger partial charge in [0.15, 0.2) is 0 Å². The molecule has 1 atom stereocenters. The Morgan fingerprint density at radius 2 is 1.22 bits per heavy atom. The first-order valence-corrected chi connectivity index (χ1v) is 17.9. The summed E-state index contributed by atoms with van der Waals surface area (Å²) in [5.41, 5.74) is -0.868. The zero-order chi connectivity index (χ0) is 36.5. The predicted octanol–water partition coefficient (Wildman–Crippen LogP) is 8.53. The molecule has 1 unspecified atom stereocenters. The summed E-state index contributed by atoms with van der Waals surface area (Å²) in [5, 5.41) is 3.33. The van der Waals surface area contributed by atoms with E-state index in [9.17, 15) is 30.6 Å². The van der Waals surface area contributed by atoms with Gasteiger partial charge < -0.3 is 5.32 Å². The Bertz CT molecular complexity index is 2220. The first-order valence-electron chi connectivity index (χ1n) is 14.8. The number of nitrogens with zero attached hydrogens (tertiary/aromatic N) is 8. The van der Waals surface area contributed by atoms with Crippen LogP contribution in [0.25, 0.3) is 34.4 Å². The van der Waals surface area contributed by atoms with Crippen LogP contribution in [0.2, 0.25) is 0 Å². The average molecular weight is 855 g/mol. The molecular formula is C32H23Br2F6N9OS. The molecule has 1 fully saturated rings. The van der Waals surface area contributed by atoms with Gasteiger partial charge in [-0.15, -0.1) is 0 Å². The lowest BCUT2D eigenvalue weighted by Gasteiger charge is -2.11. The highest BCUT2D eigenvalue weighted by Gasteiger charge is 2.32. The van der Waals surface area contributed by atoms with Gasteiger partial charge in [0.1, 0.15) is 32.5 Å². The Hall–Kier alpha value is -4.49. The zero-order valence-electron chi connectivity index (χ0n) is 26.0. The number of hydrogen-bond acceptors (Lipinski definition) is 8.